The second-order valence-electron chi connectivity index (χ2n) is 4.84. The lowest BCUT2D eigenvalue weighted by molar-refractivity contribution is -0.115. The molecule has 1 heterocycles. The SMILES string of the molecule is O=C(Cc1c(Cl)cccc1Cl)Nc1cccc(-c2ncn[nH]2)c1. The van der Waals surface area contributed by atoms with Crippen LogP contribution in [-0.4, -0.2) is 21.1 Å². The van der Waals surface area contributed by atoms with Gasteiger partial charge in [-0.25, -0.2) is 4.98 Å². The molecule has 0 aliphatic rings. The van der Waals surface area contributed by atoms with E-state index in [4.69, 9.17) is 23.2 Å². The van der Waals surface area contributed by atoms with Crippen molar-refractivity contribution < 1.29 is 4.79 Å². The number of carbonyl (C=O) groups excluding carboxylic acids is 1. The number of carbonyl (C=O) groups is 1. The summed E-state index contributed by atoms with van der Waals surface area (Å²) in [5, 5.41) is 10.4. The average Bonchev–Trinajstić information content (AvgIpc) is 3.06. The molecular formula is C16H12Cl2N4O. The Labute approximate surface area is 142 Å². The van der Waals surface area contributed by atoms with E-state index in [1.807, 2.05) is 18.2 Å². The molecule has 1 aromatic heterocycles. The van der Waals surface area contributed by atoms with Crippen LogP contribution >= 0.6 is 23.2 Å². The van der Waals surface area contributed by atoms with Crippen molar-refractivity contribution in [2.45, 2.75) is 6.42 Å². The number of benzene rings is 2. The smallest absolute Gasteiger partial charge is 0.228 e. The van der Waals surface area contributed by atoms with E-state index in [1.54, 1.807) is 24.3 Å². The van der Waals surface area contributed by atoms with Crippen LogP contribution in [-0.2, 0) is 11.2 Å². The van der Waals surface area contributed by atoms with Gasteiger partial charge in [0.25, 0.3) is 0 Å². The third-order valence-corrected chi connectivity index (χ3v) is 3.94. The van der Waals surface area contributed by atoms with E-state index in [-0.39, 0.29) is 12.3 Å². The Morgan fingerprint density at radius 2 is 1.87 bits per heavy atom. The molecular weight excluding hydrogens is 335 g/mol. The summed E-state index contributed by atoms with van der Waals surface area (Å²) in [4.78, 5) is 16.3. The molecule has 3 rings (SSSR count). The second kappa shape index (κ2) is 6.81. The first-order valence-corrected chi connectivity index (χ1v) is 7.57. The number of aromatic amines is 1. The van der Waals surface area contributed by atoms with Crippen molar-refractivity contribution in [3.63, 3.8) is 0 Å². The molecule has 0 aliphatic heterocycles. The highest BCUT2D eigenvalue weighted by atomic mass is 35.5. The summed E-state index contributed by atoms with van der Waals surface area (Å²) in [5.74, 6) is 0.435. The van der Waals surface area contributed by atoms with Gasteiger partial charge in [-0.1, -0.05) is 41.4 Å². The van der Waals surface area contributed by atoms with Gasteiger partial charge < -0.3 is 5.32 Å². The van der Waals surface area contributed by atoms with E-state index in [2.05, 4.69) is 20.5 Å². The topological polar surface area (TPSA) is 70.7 Å². The minimum atomic E-state index is -0.199. The molecule has 7 heteroatoms. The number of halogens is 2. The lowest BCUT2D eigenvalue weighted by atomic mass is 10.1. The third kappa shape index (κ3) is 3.70. The highest BCUT2D eigenvalue weighted by Crippen LogP contribution is 2.25. The Morgan fingerprint density at radius 1 is 1.13 bits per heavy atom. The van der Waals surface area contributed by atoms with Gasteiger partial charge in [-0.15, -0.1) is 0 Å². The van der Waals surface area contributed by atoms with Crippen LogP contribution in [0.25, 0.3) is 11.4 Å². The van der Waals surface area contributed by atoms with Crippen LogP contribution in [0.4, 0.5) is 5.69 Å². The second-order valence-corrected chi connectivity index (χ2v) is 5.65. The van der Waals surface area contributed by atoms with Gasteiger partial charge in [0, 0.05) is 21.3 Å². The van der Waals surface area contributed by atoms with E-state index in [0.29, 0.717) is 27.1 Å². The van der Waals surface area contributed by atoms with Crippen LogP contribution < -0.4 is 5.32 Å². The van der Waals surface area contributed by atoms with Gasteiger partial charge >= 0.3 is 0 Å². The molecule has 5 nitrogen and oxygen atoms in total. The molecule has 2 aromatic carbocycles. The fourth-order valence-electron chi connectivity index (χ4n) is 2.16. The number of anilines is 1. The number of amides is 1. The minimum Gasteiger partial charge on any atom is -0.326 e. The van der Waals surface area contributed by atoms with Crippen molar-refractivity contribution in [1.29, 1.82) is 0 Å². The molecule has 0 atom stereocenters. The van der Waals surface area contributed by atoms with Crippen molar-refractivity contribution >= 4 is 34.8 Å². The van der Waals surface area contributed by atoms with E-state index in [0.717, 1.165) is 5.56 Å². The highest BCUT2D eigenvalue weighted by Gasteiger charge is 2.11. The minimum absolute atomic E-state index is 0.102. The molecule has 0 unspecified atom stereocenters. The lowest BCUT2D eigenvalue weighted by Gasteiger charge is -2.09. The molecule has 23 heavy (non-hydrogen) atoms. The molecule has 0 saturated heterocycles. The Bertz CT molecular complexity index is 814. The molecule has 0 saturated carbocycles. The quantitative estimate of drug-likeness (QED) is 0.750. The zero-order valence-electron chi connectivity index (χ0n) is 11.9. The number of nitrogens with zero attached hydrogens (tertiary/aromatic N) is 2. The number of aromatic nitrogens is 3. The van der Waals surface area contributed by atoms with Crippen molar-refractivity contribution in [3.05, 3.63) is 64.4 Å². The molecule has 1 amide bonds. The van der Waals surface area contributed by atoms with Crippen LogP contribution in [0.1, 0.15) is 5.56 Å². The van der Waals surface area contributed by atoms with Gasteiger partial charge in [-0.05, 0) is 29.8 Å². The van der Waals surface area contributed by atoms with E-state index >= 15 is 0 Å². The van der Waals surface area contributed by atoms with Crippen LogP contribution in [0.2, 0.25) is 10.0 Å². The number of hydrogen-bond acceptors (Lipinski definition) is 3. The van der Waals surface area contributed by atoms with Crippen LogP contribution in [0.5, 0.6) is 0 Å². The average molecular weight is 347 g/mol. The normalized spacial score (nSPS) is 10.5. The molecule has 0 aliphatic carbocycles. The lowest BCUT2D eigenvalue weighted by Crippen LogP contribution is -2.15. The van der Waals surface area contributed by atoms with Crippen LogP contribution in [0, 0.1) is 0 Å². The van der Waals surface area contributed by atoms with Gasteiger partial charge in [0.15, 0.2) is 5.82 Å². The monoisotopic (exact) mass is 346 g/mol. The summed E-state index contributed by atoms with van der Waals surface area (Å²) in [7, 11) is 0. The van der Waals surface area contributed by atoms with Gasteiger partial charge in [-0.3, -0.25) is 9.89 Å². The molecule has 3 aromatic rings. The van der Waals surface area contributed by atoms with Gasteiger partial charge in [0.1, 0.15) is 6.33 Å². The fraction of sp³-hybridized carbons (Fsp3) is 0.0625. The van der Waals surface area contributed by atoms with Crippen molar-refractivity contribution in [1.82, 2.24) is 15.2 Å². The molecule has 116 valence electrons. The predicted octanol–water partition coefficient (Wildman–Crippen LogP) is 3.96. The van der Waals surface area contributed by atoms with E-state index in [9.17, 15) is 4.79 Å². The molecule has 0 bridgehead atoms. The number of nitrogens with one attached hydrogen (secondary N) is 2. The number of hydrogen-bond donors (Lipinski definition) is 2. The summed E-state index contributed by atoms with van der Waals surface area (Å²) in [6.45, 7) is 0. The first-order valence-electron chi connectivity index (χ1n) is 6.82. The third-order valence-electron chi connectivity index (χ3n) is 3.23. The Hall–Kier alpha value is -2.37. The molecule has 0 fully saturated rings. The summed E-state index contributed by atoms with van der Waals surface area (Å²) < 4.78 is 0. The Morgan fingerprint density at radius 3 is 2.57 bits per heavy atom. The first kappa shape index (κ1) is 15.5. The van der Waals surface area contributed by atoms with Gasteiger partial charge in [-0.2, -0.15) is 5.10 Å². The molecule has 0 spiro atoms. The molecule has 2 N–H and O–H groups in total. The van der Waals surface area contributed by atoms with Crippen LogP contribution in [0.3, 0.4) is 0 Å². The van der Waals surface area contributed by atoms with Crippen LogP contribution in [0.15, 0.2) is 48.8 Å². The number of rotatable bonds is 4. The Balaban J connectivity index is 1.75. The summed E-state index contributed by atoms with van der Waals surface area (Å²) in [6, 6.07) is 12.5. The van der Waals surface area contributed by atoms with Gasteiger partial charge in [0.2, 0.25) is 5.91 Å². The maximum Gasteiger partial charge on any atom is 0.228 e. The maximum absolute atomic E-state index is 12.2. The van der Waals surface area contributed by atoms with E-state index < -0.39 is 0 Å². The van der Waals surface area contributed by atoms with Crippen molar-refractivity contribution in [3.8, 4) is 11.4 Å². The zero-order chi connectivity index (χ0) is 16.2. The summed E-state index contributed by atoms with van der Waals surface area (Å²) in [5.41, 5.74) is 2.10. The predicted molar refractivity (Wildman–Crippen MR) is 90.6 cm³/mol. The summed E-state index contributed by atoms with van der Waals surface area (Å²) in [6.07, 6.45) is 1.53. The zero-order valence-corrected chi connectivity index (χ0v) is 13.4. The fourth-order valence-corrected chi connectivity index (χ4v) is 2.69. The standard InChI is InChI=1S/C16H12Cl2N4O/c17-13-5-2-6-14(18)12(13)8-15(23)21-11-4-1-3-10(7-11)16-19-9-20-22-16/h1-7,9H,8H2,(H,21,23)(H,19,20,22). The van der Waals surface area contributed by atoms with E-state index in [1.165, 1.54) is 6.33 Å². The Kier molecular flexibility index (Phi) is 4.60. The van der Waals surface area contributed by atoms with Gasteiger partial charge in [0.05, 0.1) is 6.42 Å². The maximum atomic E-state index is 12.2. The highest BCUT2D eigenvalue weighted by molar-refractivity contribution is 6.36. The van der Waals surface area contributed by atoms with Crippen molar-refractivity contribution in [2.75, 3.05) is 5.32 Å². The number of H-pyrrole nitrogens is 1. The largest absolute Gasteiger partial charge is 0.326 e. The summed E-state index contributed by atoms with van der Waals surface area (Å²) >= 11 is 12.2. The first-order chi connectivity index (χ1) is 11.1. The molecule has 0 radical (unpaired) electrons. The van der Waals surface area contributed by atoms with Crippen molar-refractivity contribution in [2.24, 2.45) is 0 Å².